The Morgan fingerprint density at radius 1 is 1.21 bits per heavy atom. The molecule has 0 aliphatic heterocycles. The maximum atomic E-state index is 8.77. The van der Waals surface area contributed by atoms with Crippen LogP contribution in [0.5, 0.6) is 0 Å². The van der Waals surface area contributed by atoms with Crippen LogP contribution in [0.3, 0.4) is 0 Å². The summed E-state index contributed by atoms with van der Waals surface area (Å²) in [5, 5.41) is 10.9. The zero-order valence-electron chi connectivity index (χ0n) is 7.82. The van der Waals surface area contributed by atoms with Crippen LogP contribution >= 0.6 is 11.3 Å². The van der Waals surface area contributed by atoms with Crippen molar-refractivity contribution < 1.29 is 0 Å². The van der Waals surface area contributed by atoms with E-state index in [-0.39, 0.29) is 0 Å². The Kier molecular flexibility index (Phi) is 2.34. The van der Waals surface area contributed by atoms with Crippen LogP contribution in [-0.4, -0.2) is 0 Å². The lowest BCUT2D eigenvalue weighted by molar-refractivity contribution is 1.48. The Balaban J connectivity index is 2.47. The van der Waals surface area contributed by atoms with Crippen molar-refractivity contribution in [3.63, 3.8) is 0 Å². The maximum absolute atomic E-state index is 8.77. The molecule has 1 aromatic heterocycles. The molecule has 0 radical (unpaired) electrons. The third-order valence-corrected chi connectivity index (χ3v) is 2.92. The molecule has 14 heavy (non-hydrogen) atoms. The molecule has 1 heterocycles. The number of benzene rings is 1. The first kappa shape index (κ1) is 8.98. The summed E-state index contributed by atoms with van der Waals surface area (Å²) in [5.41, 5.74) is 3.03. The molecule has 68 valence electrons. The van der Waals surface area contributed by atoms with Gasteiger partial charge in [0.15, 0.2) is 0 Å². The molecule has 0 aliphatic carbocycles. The molecule has 0 spiro atoms. The van der Waals surface area contributed by atoms with Crippen molar-refractivity contribution in [3.8, 4) is 17.2 Å². The van der Waals surface area contributed by atoms with Gasteiger partial charge in [0.05, 0.1) is 11.6 Å². The molecule has 0 saturated heterocycles. The summed E-state index contributed by atoms with van der Waals surface area (Å²) in [6.07, 6.45) is 0. The normalized spacial score (nSPS) is 9.71. The van der Waals surface area contributed by atoms with Gasteiger partial charge in [-0.2, -0.15) is 5.26 Å². The fourth-order valence-corrected chi connectivity index (χ4v) is 2.08. The zero-order chi connectivity index (χ0) is 9.97. The quantitative estimate of drug-likeness (QED) is 0.688. The summed E-state index contributed by atoms with van der Waals surface area (Å²) in [6.45, 7) is 2.09. The highest BCUT2D eigenvalue weighted by Crippen LogP contribution is 2.25. The van der Waals surface area contributed by atoms with Gasteiger partial charge in [0, 0.05) is 4.88 Å². The van der Waals surface area contributed by atoms with Gasteiger partial charge in [-0.3, -0.25) is 0 Å². The van der Waals surface area contributed by atoms with Crippen molar-refractivity contribution in [2.45, 2.75) is 6.92 Å². The van der Waals surface area contributed by atoms with E-state index < -0.39 is 0 Å². The minimum atomic E-state index is 0.714. The van der Waals surface area contributed by atoms with E-state index in [1.807, 2.05) is 24.3 Å². The highest BCUT2D eigenvalue weighted by Gasteiger charge is 2.00. The van der Waals surface area contributed by atoms with Gasteiger partial charge >= 0.3 is 0 Å². The molecule has 0 saturated carbocycles. The van der Waals surface area contributed by atoms with Crippen LogP contribution in [0.2, 0.25) is 0 Å². The highest BCUT2D eigenvalue weighted by atomic mass is 32.1. The van der Waals surface area contributed by atoms with E-state index in [9.17, 15) is 0 Å². The SMILES string of the molecule is Cc1cc(-c2cccc(C#N)c2)cs1. The molecule has 0 bridgehead atoms. The average Bonchev–Trinajstić information content (AvgIpc) is 2.65. The number of nitriles is 1. The zero-order valence-corrected chi connectivity index (χ0v) is 8.64. The second-order valence-electron chi connectivity index (χ2n) is 3.14. The summed E-state index contributed by atoms with van der Waals surface area (Å²) in [6, 6.07) is 12.0. The van der Waals surface area contributed by atoms with Crippen LogP contribution in [-0.2, 0) is 0 Å². The number of hydrogen-bond donors (Lipinski definition) is 0. The summed E-state index contributed by atoms with van der Waals surface area (Å²) >= 11 is 1.73. The molecule has 1 nitrogen and oxygen atoms in total. The number of thiophene rings is 1. The molecule has 1 aromatic carbocycles. The van der Waals surface area contributed by atoms with Gasteiger partial charge in [0.25, 0.3) is 0 Å². The molecule has 2 heteroatoms. The van der Waals surface area contributed by atoms with Crippen molar-refractivity contribution in [2.75, 3.05) is 0 Å². The van der Waals surface area contributed by atoms with Gasteiger partial charge in [-0.25, -0.2) is 0 Å². The molecule has 0 fully saturated rings. The summed E-state index contributed by atoms with van der Waals surface area (Å²) in [5.74, 6) is 0. The molecular formula is C12H9NS. The second kappa shape index (κ2) is 3.65. The molecule has 0 unspecified atom stereocenters. The number of hydrogen-bond acceptors (Lipinski definition) is 2. The van der Waals surface area contributed by atoms with Gasteiger partial charge in [0.1, 0.15) is 0 Å². The highest BCUT2D eigenvalue weighted by molar-refractivity contribution is 7.10. The topological polar surface area (TPSA) is 23.8 Å². The average molecular weight is 199 g/mol. The predicted octanol–water partition coefficient (Wildman–Crippen LogP) is 3.60. The monoisotopic (exact) mass is 199 g/mol. The fourth-order valence-electron chi connectivity index (χ4n) is 1.36. The lowest BCUT2D eigenvalue weighted by Crippen LogP contribution is -1.76. The Morgan fingerprint density at radius 3 is 2.71 bits per heavy atom. The van der Waals surface area contributed by atoms with E-state index in [0.29, 0.717) is 5.56 Å². The molecule has 0 aliphatic rings. The van der Waals surface area contributed by atoms with Crippen LogP contribution in [0.1, 0.15) is 10.4 Å². The molecule has 2 rings (SSSR count). The smallest absolute Gasteiger partial charge is 0.0991 e. The van der Waals surface area contributed by atoms with E-state index in [2.05, 4.69) is 24.4 Å². The Morgan fingerprint density at radius 2 is 2.07 bits per heavy atom. The van der Waals surface area contributed by atoms with Crippen molar-refractivity contribution in [2.24, 2.45) is 0 Å². The minimum absolute atomic E-state index is 0.714. The fraction of sp³-hybridized carbons (Fsp3) is 0.0833. The number of rotatable bonds is 1. The Labute approximate surface area is 87.3 Å². The number of aryl methyl sites for hydroxylation is 1. The van der Waals surface area contributed by atoms with Crippen molar-refractivity contribution in [1.29, 1.82) is 5.26 Å². The first-order chi connectivity index (χ1) is 6.79. The van der Waals surface area contributed by atoms with Gasteiger partial charge < -0.3 is 0 Å². The molecule has 0 N–H and O–H groups in total. The largest absolute Gasteiger partial charge is 0.192 e. The summed E-state index contributed by atoms with van der Waals surface area (Å²) in [7, 11) is 0. The second-order valence-corrected chi connectivity index (χ2v) is 4.25. The van der Waals surface area contributed by atoms with E-state index in [1.54, 1.807) is 11.3 Å². The third-order valence-electron chi connectivity index (χ3n) is 2.06. The van der Waals surface area contributed by atoms with Gasteiger partial charge in [-0.15, -0.1) is 11.3 Å². The predicted molar refractivity (Wildman–Crippen MR) is 59.2 cm³/mol. The standard InChI is InChI=1S/C12H9NS/c1-9-5-12(8-14-9)11-4-2-3-10(6-11)7-13/h2-6,8H,1H3. The van der Waals surface area contributed by atoms with Crippen molar-refractivity contribution in [3.05, 3.63) is 46.2 Å². The van der Waals surface area contributed by atoms with Crippen molar-refractivity contribution >= 4 is 11.3 Å². The Hall–Kier alpha value is -1.59. The van der Waals surface area contributed by atoms with Crippen LogP contribution in [0.25, 0.3) is 11.1 Å². The van der Waals surface area contributed by atoms with Crippen LogP contribution in [0.4, 0.5) is 0 Å². The first-order valence-electron chi connectivity index (χ1n) is 4.35. The molecule has 2 aromatic rings. The Bertz CT molecular complexity index is 491. The van der Waals surface area contributed by atoms with Gasteiger partial charge in [0.2, 0.25) is 0 Å². The lowest BCUT2D eigenvalue weighted by Gasteiger charge is -1.96. The van der Waals surface area contributed by atoms with E-state index >= 15 is 0 Å². The third kappa shape index (κ3) is 1.68. The summed E-state index contributed by atoms with van der Waals surface area (Å²) in [4.78, 5) is 1.29. The number of nitrogens with zero attached hydrogens (tertiary/aromatic N) is 1. The van der Waals surface area contributed by atoms with Gasteiger partial charge in [-0.1, -0.05) is 12.1 Å². The first-order valence-corrected chi connectivity index (χ1v) is 5.23. The van der Waals surface area contributed by atoms with E-state index in [4.69, 9.17) is 5.26 Å². The summed E-state index contributed by atoms with van der Waals surface area (Å²) < 4.78 is 0. The van der Waals surface area contributed by atoms with Crippen LogP contribution < -0.4 is 0 Å². The van der Waals surface area contributed by atoms with Crippen LogP contribution in [0, 0.1) is 18.3 Å². The van der Waals surface area contributed by atoms with Crippen molar-refractivity contribution in [1.82, 2.24) is 0 Å². The molecule has 0 amide bonds. The lowest BCUT2D eigenvalue weighted by atomic mass is 10.1. The van der Waals surface area contributed by atoms with E-state index in [0.717, 1.165) is 5.56 Å². The maximum Gasteiger partial charge on any atom is 0.0991 e. The minimum Gasteiger partial charge on any atom is -0.192 e. The van der Waals surface area contributed by atoms with Gasteiger partial charge in [-0.05, 0) is 41.6 Å². The molecule has 0 atom stereocenters. The molecular weight excluding hydrogens is 190 g/mol. The van der Waals surface area contributed by atoms with E-state index in [1.165, 1.54) is 10.4 Å². The van der Waals surface area contributed by atoms with Crippen LogP contribution in [0.15, 0.2) is 35.7 Å².